The zero-order valence-corrected chi connectivity index (χ0v) is 15.8. The first-order valence-electron chi connectivity index (χ1n) is 7.73. The maximum atomic E-state index is 12.0. The molecule has 3 rings (SSSR count). The smallest absolute Gasteiger partial charge is 0.369 e. The average Bonchev–Trinajstić information content (AvgIpc) is 3.05. The minimum Gasteiger partial charge on any atom is -0.490 e. The number of thioether (sulfide) groups is 2. The normalized spacial score (nSPS) is 16.6. The van der Waals surface area contributed by atoms with Gasteiger partial charge in [0.15, 0.2) is 0 Å². The molecule has 0 saturated carbocycles. The van der Waals surface area contributed by atoms with Crippen molar-refractivity contribution < 1.29 is 19.1 Å². The Bertz CT molecular complexity index is 712. The molecule has 0 aromatic heterocycles. The third-order valence-corrected chi connectivity index (χ3v) is 5.82. The molecule has 5 nitrogen and oxygen atoms in total. The van der Waals surface area contributed by atoms with E-state index in [1.807, 2.05) is 39.8 Å². The molecule has 0 fully saturated rings. The van der Waals surface area contributed by atoms with E-state index >= 15 is 0 Å². The quantitative estimate of drug-likeness (QED) is 0.574. The Morgan fingerprint density at radius 2 is 1.50 bits per heavy atom. The van der Waals surface area contributed by atoms with Crippen molar-refractivity contribution in [3.05, 3.63) is 21.9 Å². The van der Waals surface area contributed by atoms with E-state index in [0.717, 1.165) is 25.5 Å². The summed E-state index contributed by atoms with van der Waals surface area (Å²) in [4.78, 5) is 18.7. The molecular formula is C17H19NO4S2. The predicted octanol–water partition coefficient (Wildman–Crippen LogP) is 4.60. The zero-order chi connectivity index (χ0) is 17.4. The summed E-state index contributed by atoms with van der Waals surface area (Å²) < 4.78 is 12.7. The van der Waals surface area contributed by atoms with Gasteiger partial charge in [0, 0.05) is 0 Å². The van der Waals surface area contributed by atoms with Crippen LogP contribution in [0.3, 0.4) is 0 Å². The van der Waals surface area contributed by atoms with Crippen molar-refractivity contribution >= 4 is 35.2 Å². The summed E-state index contributed by atoms with van der Waals surface area (Å²) >= 11 is 3.01. The lowest BCUT2D eigenvalue weighted by molar-refractivity contribution is -0.136. The van der Waals surface area contributed by atoms with Crippen LogP contribution < -0.4 is 9.47 Å². The van der Waals surface area contributed by atoms with Crippen LogP contribution in [0.25, 0.3) is 0 Å². The van der Waals surface area contributed by atoms with Crippen LogP contribution in [0.4, 0.5) is 0 Å². The number of hydrogen-bond donors (Lipinski definition) is 0. The van der Waals surface area contributed by atoms with Crippen molar-refractivity contribution in [1.29, 1.82) is 0 Å². The molecular weight excluding hydrogens is 346 g/mol. The molecule has 0 N–H and O–H groups in total. The van der Waals surface area contributed by atoms with Crippen molar-refractivity contribution in [2.24, 2.45) is 5.16 Å². The minimum atomic E-state index is -0.409. The lowest BCUT2D eigenvalue weighted by atomic mass is 10.2. The number of nitrogens with zero attached hydrogens (tertiary/aromatic N) is 1. The summed E-state index contributed by atoms with van der Waals surface area (Å²) in [6, 6.07) is 3.84. The SMILES string of the molecule is CC1=NOC(=O)C1=C1Sc2c(OC(C)C)ccc(OC(C)C)c2S1. The number of ether oxygens (including phenoxy) is 2. The number of rotatable bonds is 4. The Morgan fingerprint density at radius 1 is 1.00 bits per heavy atom. The van der Waals surface area contributed by atoms with Gasteiger partial charge in [-0.1, -0.05) is 28.7 Å². The van der Waals surface area contributed by atoms with E-state index in [0.29, 0.717) is 11.3 Å². The summed E-state index contributed by atoms with van der Waals surface area (Å²) in [5, 5.41) is 3.77. The molecule has 0 saturated heterocycles. The highest BCUT2D eigenvalue weighted by molar-refractivity contribution is 8.25. The molecule has 7 heteroatoms. The number of carbonyl (C=O) groups excluding carboxylic acids is 1. The van der Waals surface area contributed by atoms with E-state index in [9.17, 15) is 4.79 Å². The fourth-order valence-corrected chi connectivity index (χ4v) is 5.08. The number of benzene rings is 1. The van der Waals surface area contributed by atoms with E-state index in [4.69, 9.17) is 14.3 Å². The van der Waals surface area contributed by atoms with Crippen LogP contribution in [-0.2, 0) is 9.63 Å². The highest BCUT2D eigenvalue weighted by Gasteiger charge is 2.34. The van der Waals surface area contributed by atoms with E-state index < -0.39 is 5.97 Å². The van der Waals surface area contributed by atoms with E-state index in [1.165, 1.54) is 23.5 Å². The van der Waals surface area contributed by atoms with E-state index in [2.05, 4.69) is 5.16 Å². The molecule has 2 aliphatic rings. The summed E-state index contributed by atoms with van der Waals surface area (Å²) in [5.74, 6) is 1.18. The molecule has 24 heavy (non-hydrogen) atoms. The third kappa shape index (κ3) is 3.28. The molecule has 2 aliphatic heterocycles. The molecule has 2 heterocycles. The molecule has 0 radical (unpaired) electrons. The van der Waals surface area contributed by atoms with Crippen molar-refractivity contribution in [2.75, 3.05) is 0 Å². The molecule has 0 amide bonds. The van der Waals surface area contributed by atoms with Crippen molar-refractivity contribution in [1.82, 2.24) is 0 Å². The van der Waals surface area contributed by atoms with Crippen LogP contribution in [0.2, 0.25) is 0 Å². The second kappa shape index (κ2) is 6.72. The van der Waals surface area contributed by atoms with Crippen molar-refractivity contribution in [2.45, 2.75) is 56.6 Å². The van der Waals surface area contributed by atoms with Gasteiger partial charge in [-0.15, -0.1) is 0 Å². The van der Waals surface area contributed by atoms with Gasteiger partial charge in [0.1, 0.15) is 17.1 Å². The van der Waals surface area contributed by atoms with Gasteiger partial charge in [0.25, 0.3) is 0 Å². The summed E-state index contributed by atoms with van der Waals surface area (Å²) in [5.41, 5.74) is 1.12. The summed E-state index contributed by atoms with van der Waals surface area (Å²) in [7, 11) is 0. The Hall–Kier alpha value is -1.60. The van der Waals surface area contributed by atoms with Crippen LogP contribution >= 0.6 is 23.5 Å². The molecule has 128 valence electrons. The monoisotopic (exact) mass is 365 g/mol. The van der Waals surface area contributed by atoms with Crippen molar-refractivity contribution in [3.63, 3.8) is 0 Å². The van der Waals surface area contributed by atoms with Crippen LogP contribution in [0, 0.1) is 0 Å². The molecule has 1 aromatic rings. The Morgan fingerprint density at radius 3 is 1.88 bits per heavy atom. The Kier molecular flexibility index (Phi) is 4.83. The predicted molar refractivity (Wildman–Crippen MR) is 95.9 cm³/mol. The Labute approximate surface area is 149 Å². The van der Waals surface area contributed by atoms with Crippen molar-refractivity contribution in [3.8, 4) is 11.5 Å². The molecule has 0 aliphatic carbocycles. The second-order valence-electron chi connectivity index (χ2n) is 5.98. The molecule has 0 atom stereocenters. The fraction of sp³-hybridized carbons (Fsp3) is 0.412. The summed E-state index contributed by atoms with van der Waals surface area (Å²) in [6.07, 6.45) is 0.126. The lowest BCUT2D eigenvalue weighted by Gasteiger charge is -2.16. The third-order valence-electron chi connectivity index (χ3n) is 3.19. The topological polar surface area (TPSA) is 57.1 Å². The number of hydrogen-bond acceptors (Lipinski definition) is 7. The zero-order valence-electron chi connectivity index (χ0n) is 14.2. The fourth-order valence-electron chi connectivity index (χ4n) is 2.30. The summed E-state index contributed by atoms with van der Waals surface area (Å²) in [6.45, 7) is 9.73. The lowest BCUT2D eigenvalue weighted by Crippen LogP contribution is -2.08. The molecule has 0 bridgehead atoms. The van der Waals surface area contributed by atoms with Gasteiger partial charge in [0.05, 0.1) is 31.9 Å². The largest absolute Gasteiger partial charge is 0.490 e. The van der Waals surface area contributed by atoms with Crippen LogP contribution in [-0.4, -0.2) is 23.9 Å². The molecule has 0 unspecified atom stereocenters. The van der Waals surface area contributed by atoms with Gasteiger partial charge in [-0.2, -0.15) is 0 Å². The highest BCUT2D eigenvalue weighted by Crippen LogP contribution is 2.59. The maximum Gasteiger partial charge on any atom is 0.369 e. The van der Waals surface area contributed by atoms with Gasteiger partial charge in [-0.25, -0.2) is 4.79 Å². The molecule has 1 aromatic carbocycles. The first kappa shape index (κ1) is 17.2. The highest BCUT2D eigenvalue weighted by atomic mass is 32.2. The number of carbonyl (C=O) groups is 1. The maximum absolute atomic E-state index is 12.0. The van der Waals surface area contributed by atoms with Gasteiger partial charge < -0.3 is 14.3 Å². The Balaban J connectivity index is 2.05. The van der Waals surface area contributed by atoms with Crippen LogP contribution in [0.5, 0.6) is 11.5 Å². The second-order valence-corrected chi connectivity index (χ2v) is 8.27. The number of fused-ring (bicyclic) bond motifs is 1. The van der Waals surface area contributed by atoms with Gasteiger partial charge in [-0.3, -0.25) is 0 Å². The first-order valence-corrected chi connectivity index (χ1v) is 9.36. The van der Waals surface area contributed by atoms with E-state index in [-0.39, 0.29) is 12.2 Å². The standard InChI is InChI=1S/C17H19NO4S2/c1-8(2)20-11-6-7-12(21-9(3)4)15-14(11)23-17(24-15)13-10(5)18-22-16(13)19/h6-9H,1-5H3. The van der Waals surface area contributed by atoms with Gasteiger partial charge >= 0.3 is 5.97 Å². The van der Waals surface area contributed by atoms with Crippen LogP contribution in [0.15, 0.2) is 36.9 Å². The van der Waals surface area contributed by atoms with Gasteiger partial charge in [0.2, 0.25) is 0 Å². The molecule has 0 spiro atoms. The minimum absolute atomic E-state index is 0.0630. The van der Waals surface area contributed by atoms with E-state index in [1.54, 1.807) is 6.92 Å². The first-order chi connectivity index (χ1) is 11.4. The number of oxime groups is 1. The average molecular weight is 365 g/mol. The van der Waals surface area contributed by atoms with Gasteiger partial charge in [-0.05, 0) is 46.8 Å². The van der Waals surface area contributed by atoms with Crippen LogP contribution in [0.1, 0.15) is 34.6 Å².